The summed E-state index contributed by atoms with van der Waals surface area (Å²) in [6.45, 7) is 3.72. The lowest BCUT2D eigenvalue weighted by molar-refractivity contribution is -0.142. The molecule has 0 amide bonds. The summed E-state index contributed by atoms with van der Waals surface area (Å²) in [4.78, 5) is 11.9. The molecular formula is C19H20BrNO4S2. The van der Waals surface area contributed by atoms with Gasteiger partial charge in [0.05, 0.1) is 4.90 Å². The van der Waals surface area contributed by atoms with Crippen molar-refractivity contribution in [3.8, 4) is 11.1 Å². The number of halogens is 1. The number of benzene rings is 2. The van der Waals surface area contributed by atoms with Crippen LogP contribution in [0.1, 0.15) is 13.8 Å². The van der Waals surface area contributed by atoms with Crippen LogP contribution in [-0.4, -0.2) is 46.9 Å². The molecule has 1 heterocycles. The number of thioether (sulfide) groups is 1. The molecule has 144 valence electrons. The fraction of sp³-hybridized carbons (Fsp3) is 0.316. The van der Waals surface area contributed by atoms with Crippen LogP contribution in [0.4, 0.5) is 0 Å². The van der Waals surface area contributed by atoms with E-state index in [1.54, 1.807) is 26.0 Å². The fourth-order valence-corrected chi connectivity index (χ4v) is 6.88. The van der Waals surface area contributed by atoms with Crippen molar-refractivity contribution in [2.24, 2.45) is 0 Å². The predicted octanol–water partition coefficient (Wildman–Crippen LogP) is 4.09. The van der Waals surface area contributed by atoms with Gasteiger partial charge < -0.3 is 5.11 Å². The van der Waals surface area contributed by atoms with E-state index in [1.807, 2.05) is 24.3 Å². The Bertz CT molecular complexity index is 958. The second kappa shape index (κ2) is 7.58. The van der Waals surface area contributed by atoms with Crippen LogP contribution in [0.5, 0.6) is 0 Å². The molecule has 2 aromatic carbocycles. The largest absolute Gasteiger partial charge is 0.480 e. The molecule has 27 heavy (non-hydrogen) atoms. The first-order valence-electron chi connectivity index (χ1n) is 8.38. The smallest absolute Gasteiger partial charge is 0.323 e. The molecule has 1 saturated heterocycles. The van der Waals surface area contributed by atoms with Gasteiger partial charge in [0, 0.05) is 21.5 Å². The average molecular weight is 470 g/mol. The Balaban J connectivity index is 1.97. The molecule has 0 bridgehead atoms. The number of hydrogen-bond acceptors (Lipinski definition) is 4. The van der Waals surface area contributed by atoms with Crippen molar-refractivity contribution in [1.82, 2.24) is 4.31 Å². The maximum atomic E-state index is 13.1. The third-order valence-corrected chi connectivity index (χ3v) is 8.54. The maximum Gasteiger partial charge on any atom is 0.323 e. The molecule has 0 unspecified atom stereocenters. The van der Waals surface area contributed by atoms with Gasteiger partial charge in [-0.05, 0) is 43.2 Å². The Morgan fingerprint density at radius 3 is 2.41 bits per heavy atom. The Kier molecular flexibility index (Phi) is 5.72. The summed E-state index contributed by atoms with van der Waals surface area (Å²) in [5, 5.41) is 9.65. The first-order valence-corrected chi connectivity index (χ1v) is 11.6. The second-order valence-electron chi connectivity index (χ2n) is 6.81. The van der Waals surface area contributed by atoms with E-state index in [9.17, 15) is 18.3 Å². The Morgan fingerprint density at radius 2 is 1.81 bits per heavy atom. The number of rotatable bonds is 4. The van der Waals surface area contributed by atoms with Crippen molar-refractivity contribution in [3.05, 3.63) is 53.0 Å². The van der Waals surface area contributed by atoms with E-state index in [4.69, 9.17) is 0 Å². The Morgan fingerprint density at radius 1 is 1.19 bits per heavy atom. The summed E-state index contributed by atoms with van der Waals surface area (Å²) in [6.07, 6.45) is 0. The van der Waals surface area contributed by atoms with Crippen LogP contribution in [-0.2, 0) is 14.8 Å². The molecule has 1 atom stereocenters. The lowest BCUT2D eigenvalue weighted by atomic mass is 10.0. The molecule has 3 rings (SSSR count). The first-order chi connectivity index (χ1) is 12.6. The molecule has 0 aliphatic carbocycles. The van der Waals surface area contributed by atoms with Gasteiger partial charge in [-0.15, -0.1) is 0 Å². The summed E-state index contributed by atoms with van der Waals surface area (Å²) in [7, 11) is -3.91. The molecule has 5 nitrogen and oxygen atoms in total. The number of nitrogens with zero attached hydrogens (tertiary/aromatic N) is 1. The minimum absolute atomic E-state index is 0.104. The Labute approximate surface area is 172 Å². The maximum absolute atomic E-state index is 13.1. The highest BCUT2D eigenvalue weighted by Gasteiger charge is 2.48. The van der Waals surface area contributed by atoms with Crippen molar-refractivity contribution in [2.45, 2.75) is 29.5 Å². The highest BCUT2D eigenvalue weighted by Crippen LogP contribution is 2.38. The van der Waals surface area contributed by atoms with Crippen LogP contribution in [0, 0.1) is 0 Å². The fourth-order valence-electron chi connectivity index (χ4n) is 3.27. The van der Waals surface area contributed by atoms with Gasteiger partial charge >= 0.3 is 5.97 Å². The van der Waals surface area contributed by atoms with Crippen molar-refractivity contribution < 1.29 is 18.3 Å². The van der Waals surface area contributed by atoms with Crippen molar-refractivity contribution >= 4 is 43.7 Å². The minimum atomic E-state index is -3.91. The van der Waals surface area contributed by atoms with Crippen LogP contribution in [0.3, 0.4) is 0 Å². The van der Waals surface area contributed by atoms with Gasteiger partial charge in [-0.3, -0.25) is 4.79 Å². The second-order valence-corrected chi connectivity index (χ2v) is 11.3. The molecule has 0 saturated carbocycles. The van der Waals surface area contributed by atoms with Crippen LogP contribution in [0.25, 0.3) is 11.1 Å². The molecular weight excluding hydrogens is 450 g/mol. The van der Waals surface area contributed by atoms with E-state index in [1.165, 1.54) is 23.9 Å². The number of carbonyl (C=O) groups is 1. The quantitative estimate of drug-likeness (QED) is 0.729. The number of hydrogen-bond donors (Lipinski definition) is 1. The molecule has 8 heteroatoms. The van der Waals surface area contributed by atoms with Gasteiger partial charge in [0.2, 0.25) is 10.0 Å². The summed E-state index contributed by atoms with van der Waals surface area (Å²) in [6, 6.07) is 13.1. The van der Waals surface area contributed by atoms with Gasteiger partial charge in [0.25, 0.3) is 0 Å². The topological polar surface area (TPSA) is 74.7 Å². The van der Waals surface area contributed by atoms with E-state index >= 15 is 0 Å². The van der Waals surface area contributed by atoms with Crippen LogP contribution < -0.4 is 0 Å². The third kappa shape index (κ3) is 3.94. The van der Waals surface area contributed by atoms with Gasteiger partial charge in [-0.1, -0.05) is 46.3 Å². The standard InChI is InChI=1S/C19H20BrNO4S2/c1-19(2)17(18(22)23)21(11-12-26-19)27(24,25)14-9-7-13(8-10-14)15-5-3-4-6-16(15)20/h3-10,17H,11-12H2,1-2H3,(H,22,23)/t17-/m0/s1. The Hall–Kier alpha value is -1.35. The highest BCUT2D eigenvalue weighted by molar-refractivity contribution is 9.10. The number of aliphatic carboxylic acids is 1. The van der Waals surface area contributed by atoms with Gasteiger partial charge in [-0.2, -0.15) is 16.1 Å². The first kappa shape index (κ1) is 20.4. The number of sulfonamides is 1. The normalized spacial score (nSPS) is 20.3. The molecule has 0 radical (unpaired) electrons. The molecule has 2 aromatic rings. The molecule has 1 aliphatic heterocycles. The minimum Gasteiger partial charge on any atom is -0.480 e. The summed E-state index contributed by atoms with van der Waals surface area (Å²) in [5.41, 5.74) is 1.84. The molecule has 0 spiro atoms. The van der Waals surface area contributed by atoms with E-state index < -0.39 is 26.8 Å². The molecule has 0 aromatic heterocycles. The zero-order valence-corrected chi connectivity index (χ0v) is 18.1. The summed E-state index contributed by atoms with van der Waals surface area (Å²) >= 11 is 4.98. The highest BCUT2D eigenvalue weighted by atomic mass is 79.9. The zero-order valence-electron chi connectivity index (χ0n) is 14.9. The third-order valence-electron chi connectivity index (χ3n) is 4.61. The van der Waals surface area contributed by atoms with Crippen molar-refractivity contribution in [3.63, 3.8) is 0 Å². The predicted molar refractivity (Wildman–Crippen MR) is 111 cm³/mol. The lowest BCUT2D eigenvalue weighted by Gasteiger charge is -2.42. The average Bonchev–Trinajstić information content (AvgIpc) is 2.61. The summed E-state index contributed by atoms with van der Waals surface area (Å²) < 4.78 is 27.6. The summed E-state index contributed by atoms with van der Waals surface area (Å²) in [5.74, 6) is -0.564. The lowest BCUT2D eigenvalue weighted by Crippen LogP contribution is -2.58. The van der Waals surface area contributed by atoms with E-state index in [0.717, 1.165) is 19.9 Å². The van der Waals surface area contributed by atoms with Crippen LogP contribution >= 0.6 is 27.7 Å². The van der Waals surface area contributed by atoms with Crippen molar-refractivity contribution in [1.29, 1.82) is 0 Å². The molecule has 1 N–H and O–H groups in total. The number of carboxylic acid groups (broad SMARTS) is 1. The molecule has 1 fully saturated rings. The van der Waals surface area contributed by atoms with Crippen LogP contribution in [0.15, 0.2) is 57.9 Å². The monoisotopic (exact) mass is 469 g/mol. The van der Waals surface area contributed by atoms with E-state index in [0.29, 0.717) is 5.75 Å². The molecule has 1 aliphatic rings. The van der Waals surface area contributed by atoms with Gasteiger partial charge in [0.15, 0.2) is 0 Å². The van der Waals surface area contributed by atoms with Gasteiger partial charge in [-0.25, -0.2) is 8.42 Å². The van der Waals surface area contributed by atoms with Gasteiger partial charge in [0.1, 0.15) is 6.04 Å². The van der Waals surface area contributed by atoms with Crippen LogP contribution in [0.2, 0.25) is 0 Å². The van der Waals surface area contributed by atoms with E-state index in [2.05, 4.69) is 15.9 Å². The van der Waals surface area contributed by atoms with Crippen molar-refractivity contribution in [2.75, 3.05) is 12.3 Å². The SMILES string of the molecule is CC1(C)SCCN(S(=O)(=O)c2ccc(-c3ccccc3Br)cc2)[C@H]1C(=O)O. The zero-order chi connectivity index (χ0) is 19.8. The van der Waals surface area contributed by atoms with E-state index in [-0.39, 0.29) is 11.4 Å². The number of carboxylic acids is 1.